The van der Waals surface area contributed by atoms with Gasteiger partial charge in [0.15, 0.2) is 5.69 Å². The highest BCUT2D eigenvalue weighted by Gasteiger charge is 2.33. The predicted molar refractivity (Wildman–Crippen MR) is 141 cm³/mol. The normalized spacial score (nSPS) is 11.3. The Kier molecular flexibility index (Phi) is 8.86. The van der Waals surface area contributed by atoms with E-state index in [9.17, 15) is 14.7 Å². The van der Waals surface area contributed by atoms with Gasteiger partial charge in [-0.2, -0.15) is 5.21 Å². The van der Waals surface area contributed by atoms with Gasteiger partial charge in [-0.05, 0) is 42.7 Å². The first-order valence-corrected chi connectivity index (χ1v) is 12.4. The maximum Gasteiger partial charge on any atom is 0.511 e. The van der Waals surface area contributed by atoms with Gasteiger partial charge in [0, 0.05) is 19.2 Å². The van der Waals surface area contributed by atoms with Crippen LogP contribution in [0.15, 0.2) is 48.5 Å². The fourth-order valence-electron chi connectivity index (χ4n) is 4.08. The number of imidazole rings is 1. The molecule has 4 rings (SSSR count). The highest BCUT2D eigenvalue weighted by molar-refractivity contribution is 5.89. The Bertz CT molecular complexity index is 1440. The lowest BCUT2D eigenvalue weighted by molar-refractivity contribution is -0.0275. The van der Waals surface area contributed by atoms with E-state index >= 15 is 0 Å². The number of esters is 1. The third kappa shape index (κ3) is 6.50. The molecule has 0 fully saturated rings. The Morgan fingerprint density at radius 1 is 1.02 bits per heavy atom. The lowest BCUT2D eigenvalue weighted by atomic mass is 9.98. The summed E-state index contributed by atoms with van der Waals surface area (Å²) in [5.41, 5.74) is 2.16. The van der Waals surface area contributed by atoms with Crippen LogP contribution in [0.5, 0.6) is 0 Å². The molecule has 0 aliphatic rings. The van der Waals surface area contributed by atoms with Crippen LogP contribution in [0.2, 0.25) is 0 Å². The minimum Gasteiger partial charge on any atom is -0.435 e. The Morgan fingerprint density at radius 3 is 2.38 bits per heavy atom. The molecule has 210 valence electrons. The molecule has 40 heavy (non-hydrogen) atoms. The van der Waals surface area contributed by atoms with Crippen molar-refractivity contribution in [3.63, 3.8) is 0 Å². The van der Waals surface area contributed by atoms with Crippen molar-refractivity contribution >= 4 is 12.1 Å². The zero-order chi connectivity index (χ0) is 28.7. The largest absolute Gasteiger partial charge is 0.511 e. The number of hydrogen-bond donors (Lipinski definition) is 2. The number of aromatic nitrogens is 6. The van der Waals surface area contributed by atoms with Gasteiger partial charge in [0.1, 0.15) is 23.7 Å². The summed E-state index contributed by atoms with van der Waals surface area (Å²) in [5, 5.41) is 25.1. The topological polar surface area (TPSA) is 164 Å². The molecule has 13 heteroatoms. The number of H-pyrrole nitrogens is 1. The van der Waals surface area contributed by atoms with Crippen molar-refractivity contribution in [3.8, 4) is 22.5 Å². The summed E-state index contributed by atoms with van der Waals surface area (Å²) in [6.07, 6.45) is -0.965. The molecule has 2 N–H and O–H groups in total. The number of aromatic amines is 1. The van der Waals surface area contributed by atoms with Crippen molar-refractivity contribution in [1.82, 2.24) is 30.2 Å². The number of hydrogen-bond acceptors (Lipinski definition) is 11. The molecule has 2 aromatic heterocycles. The molecule has 0 radical (unpaired) electrons. The van der Waals surface area contributed by atoms with Crippen LogP contribution in [0, 0.1) is 0 Å². The number of rotatable bonds is 11. The first kappa shape index (κ1) is 28.4. The van der Waals surface area contributed by atoms with Crippen molar-refractivity contribution < 1.29 is 33.6 Å². The third-order valence-electron chi connectivity index (χ3n) is 5.84. The monoisotopic (exact) mass is 550 g/mol. The number of nitrogens with zero attached hydrogens (tertiary/aromatic N) is 5. The first-order valence-electron chi connectivity index (χ1n) is 12.4. The zero-order valence-electron chi connectivity index (χ0n) is 22.6. The molecule has 13 nitrogen and oxygen atoms in total. The van der Waals surface area contributed by atoms with E-state index in [0.717, 1.165) is 22.3 Å². The first-order chi connectivity index (χ1) is 19.2. The highest BCUT2D eigenvalue weighted by atomic mass is 16.8. The van der Waals surface area contributed by atoms with E-state index in [-0.39, 0.29) is 31.1 Å². The van der Waals surface area contributed by atoms with Crippen LogP contribution in [0.3, 0.4) is 0 Å². The van der Waals surface area contributed by atoms with Crippen LogP contribution in [-0.2, 0) is 37.7 Å². The molecule has 2 heterocycles. The van der Waals surface area contributed by atoms with Gasteiger partial charge < -0.3 is 28.6 Å². The van der Waals surface area contributed by atoms with Gasteiger partial charge in [0.25, 0.3) is 0 Å². The van der Waals surface area contributed by atoms with Gasteiger partial charge >= 0.3 is 12.1 Å². The summed E-state index contributed by atoms with van der Waals surface area (Å²) < 4.78 is 21.6. The number of aliphatic hydroxyl groups is 1. The number of nitrogens with one attached hydrogen (secondary N) is 1. The standard InChI is InChI=1S/C27H30N6O7/c1-5-38-26(35)40-16-39-25(34)22-23(27(2,3)36)28-21(15-37-4)33(22)14-17-10-12-18(13-11-17)19-8-6-7-9-20(19)24-29-31-32-30-24/h6-13,36H,5,14-16H2,1-4H3,(H,29,30,31,32). The molecule has 0 aliphatic carbocycles. The Labute approximate surface area is 230 Å². The average Bonchev–Trinajstić information content (AvgIpc) is 3.58. The van der Waals surface area contributed by atoms with Crippen LogP contribution >= 0.6 is 0 Å². The molecular formula is C27H30N6O7. The number of methoxy groups -OCH3 is 1. The number of benzene rings is 2. The number of ether oxygens (including phenoxy) is 4. The molecule has 0 saturated carbocycles. The van der Waals surface area contributed by atoms with E-state index < -0.39 is 24.5 Å². The molecule has 4 aromatic rings. The minimum absolute atomic E-state index is 0.0125. The fraction of sp³-hybridized carbons (Fsp3) is 0.333. The Hall–Kier alpha value is -4.62. The van der Waals surface area contributed by atoms with Crippen LogP contribution < -0.4 is 0 Å². The molecular weight excluding hydrogens is 520 g/mol. The van der Waals surface area contributed by atoms with E-state index in [1.54, 1.807) is 11.5 Å². The van der Waals surface area contributed by atoms with E-state index in [1.165, 1.54) is 21.0 Å². The smallest absolute Gasteiger partial charge is 0.435 e. The van der Waals surface area contributed by atoms with Crippen molar-refractivity contribution in [2.24, 2.45) is 0 Å². The summed E-state index contributed by atoms with van der Waals surface area (Å²) in [6.45, 7) is 4.39. The van der Waals surface area contributed by atoms with Gasteiger partial charge in [-0.3, -0.25) is 0 Å². The SMILES string of the molecule is CCOC(=O)OCOC(=O)c1c(C(C)(C)O)nc(COC)n1Cc1ccc(-c2ccccc2-c2nn[nH]n2)cc1. The van der Waals surface area contributed by atoms with Crippen LogP contribution in [-0.4, -0.2) is 67.9 Å². The highest BCUT2D eigenvalue weighted by Crippen LogP contribution is 2.31. The number of carbonyl (C=O) groups excluding carboxylic acids is 2. The number of carbonyl (C=O) groups is 2. The number of tetrazole rings is 1. The third-order valence-corrected chi connectivity index (χ3v) is 5.84. The second kappa shape index (κ2) is 12.5. The van der Waals surface area contributed by atoms with Gasteiger partial charge in [0.05, 0.1) is 6.61 Å². The van der Waals surface area contributed by atoms with Gasteiger partial charge in [0.2, 0.25) is 12.6 Å². The summed E-state index contributed by atoms with van der Waals surface area (Å²) in [5.74, 6) is 0.0582. The molecule has 0 aliphatic heterocycles. The van der Waals surface area contributed by atoms with E-state index in [2.05, 4.69) is 30.3 Å². The summed E-state index contributed by atoms with van der Waals surface area (Å²) in [7, 11) is 1.50. The van der Waals surface area contributed by atoms with E-state index in [1.807, 2.05) is 48.5 Å². The maximum atomic E-state index is 13.2. The Balaban J connectivity index is 1.65. The van der Waals surface area contributed by atoms with Gasteiger partial charge in [-0.25, -0.2) is 14.6 Å². The van der Waals surface area contributed by atoms with Crippen LogP contribution in [0.25, 0.3) is 22.5 Å². The molecule has 0 spiro atoms. The second-order valence-corrected chi connectivity index (χ2v) is 9.16. The molecule has 0 unspecified atom stereocenters. The van der Waals surface area contributed by atoms with Gasteiger partial charge in [-0.1, -0.05) is 48.5 Å². The summed E-state index contributed by atoms with van der Waals surface area (Å²) >= 11 is 0. The van der Waals surface area contributed by atoms with Crippen molar-refractivity contribution in [1.29, 1.82) is 0 Å². The fourth-order valence-corrected chi connectivity index (χ4v) is 4.08. The predicted octanol–water partition coefficient (Wildman–Crippen LogP) is 3.44. The lowest BCUT2D eigenvalue weighted by Crippen LogP contribution is -2.24. The summed E-state index contributed by atoms with van der Waals surface area (Å²) in [6, 6.07) is 15.4. The quantitative estimate of drug-likeness (QED) is 0.208. The molecule has 0 saturated heterocycles. The van der Waals surface area contributed by atoms with Crippen molar-refractivity contribution in [3.05, 3.63) is 71.3 Å². The van der Waals surface area contributed by atoms with Gasteiger partial charge in [-0.15, -0.1) is 10.2 Å². The molecule has 0 bridgehead atoms. The summed E-state index contributed by atoms with van der Waals surface area (Å²) in [4.78, 5) is 29.2. The van der Waals surface area contributed by atoms with Crippen LogP contribution in [0.1, 0.15) is 48.3 Å². The second-order valence-electron chi connectivity index (χ2n) is 9.16. The molecule has 0 atom stereocenters. The van der Waals surface area contributed by atoms with E-state index in [4.69, 9.17) is 14.2 Å². The maximum absolute atomic E-state index is 13.2. The lowest BCUT2D eigenvalue weighted by Gasteiger charge is -2.18. The van der Waals surface area contributed by atoms with Crippen molar-refractivity contribution in [2.45, 2.75) is 39.5 Å². The minimum atomic E-state index is -1.48. The average molecular weight is 551 g/mol. The zero-order valence-corrected chi connectivity index (χ0v) is 22.6. The van der Waals surface area contributed by atoms with Crippen molar-refractivity contribution in [2.75, 3.05) is 20.5 Å². The van der Waals surface area contributed by atoms with Crippen LogP contribution in [0.4, 0.5) is 4.79 Å². The molecule has 0 amide bonds. The van der Waals surface area contributed by atoms with E-state index in [0.29, 0.717) is 11.6 Å². The molecule has 2 aromatic carbocycles. The Morgan fingerprint density at radius 2 is 1.75 bits per heavy atom.